The van der Waals surface area contributed by atoms with Crippen LogP contribution >= 0.6 is 0 Å². The molecule has 0 atom stereocenters. The Kier molecular flexibility index (Phi) is 5.39. The van der Waals surface area contributed by atoms with E-state index in [1.807, 2.05) is 0 Å². The Morgan fingerprint density at radius 3 is 2.46 bits per heavy atom. The van der Waals surface area contributed by atoms with E-state index >= 15 is 0 Å². The van der Waals surface area contributed by atoms with Crippen LogP contribution in [0, 0.1) is 11.6 Å². The van der Waals surface area contributed by atoms with Gasteiger partial charge in [0.05, 0.1) is 24.7 Å². The summed E-state index contributed by atoms with van der Waals surface area (Å²) in [4.78, 5) is 23.0. The lowest BCUT2D eigenvalue weighted by atomic mass is 10.1. The number of halogens is 2. The van der Waals surface area contributed by atoms with E-state index in [1.165, 1.54) is 25.3 Å². The summed E-state index contributed by atoms with van der Waals surface area (Å²) in [6, 6.07) is 10.1. The zero-order valence-electron chi connectivity index (χ0n) is 14.7. The maximum atomic E-state index is 14.2. The van der Waals surface area contributed by atoms with Crippen molar-refractivity contribution in [3.63, 3.8) is 0 Å². The van der Waals surface area contributed by atoms with Gasteiger partial charge in [0.2, 0.25) is 5.82 Å². The number of rotatable bonds is 6. The highest BCUT2D eigenvalue weighted by Crippen LogP contribution is 2.31. The molecule has 1 heterocycles. The predicted molar refractivity (Wildman–Crippen MR) is 96.3 cm³/mol. The molecule has 3 aromatic rings. The fourth-order valence-corrected chi connectivity index (χ4v) is 2.56. The number of hydrogen-bond donors (Lipinski definition) is 2. The number of carboxylic acids is 1. The second-order valence-corrected chi connectivity index (χ2v) is 5.86. The number of nitrogens with one attached hydrogen (secondary N) is 1. The third kappa shape index (κ3) is 4.01. The molecule has 8 heteroatoms. The normalized spacial score (nSPS) is 10.5. The lowest BCUT2D eigenvalue weighted by Gasteiger charge is -2.05. The lowest BCUT2D eigenvalue weighted by molar-refractivity contribution is -0.136. The smallest absolute Gasteiger partial charge is 0.307 e. The number of amides is 1. The fraction of sp³-hybridized carbons (Fsp3) is 0.100. The van der Waals surface area contributed by atoms with Gasteiger partial charge >= 0.3 is 5.97 Å². The quantitative estimate of drug-likeness (QED) is 0.664. The topological polar surface area (TPSA) is 88.8 Å². The average Bonchev–Trinajstić information content (AvgIpc) is 3.15. The van der Waals surface area contributed by atoms with Crippen LogP contribution in [0.1, 0.15) is 15.9 Å². The molecule has 144 valence electrons. The molecular formula is C20H15F2NO5. The Morgan fingerprint density at radius 2 is 1.82 bits per heavy atom. The van der Waals surface area contributed by atoms with Crippen molar-refractivity contribution < 1.29 is 32.6 Å². The Balaban J connectivity index is 1.76. The third-order valence-electron chi connectivity index (χ3n) is 3.96. The molecule has 1 amide bonds. The highest BCUT2D eigenvalue weighted by atomic mass is 19.2. The fourth-order valence-electron chi connectivity index (χ4n) is 2.56. The standard InChI is InChI=1S/C20H15F2NO5/c1-27-15-7-6-14(18(21)19(15)22)16-9-12(10-28-16)20(26)23-13-4-2-11(3-5-13)8-17(24)25/h2-7,9-10H,8H2,1H3,(H,23,26)(H,24,25). The lowest BCUT2D eigenvalue weighted by Crippen LogP contribution is -2.11. The van der Waals surface area contributed by atoms with Crippen molar-refractivity contribution in [1.29, 1.82) is 0 Å². The summed E-state index contributed by atoms with van der Waals surface area (Å²) in [5.74, 6) is -4.02. The zero-order valence-corrected chi connectivity index (χ0v) is 14.7. The van der Waals surface area contributed by atoms with Crippen molar-refractivity contribution in [3.8, 4) is 17.1 Å². The molecule has 1 aromatic heterocycles. The summed E-state index contributed by atoms with van der Waals surface area (Å²) >= 11 is 0. The van der Waals surface area contributed by atoms with Gasteiger partial charge < -0.3 is 19.6 Å². The van der Waals surface area contributed by atoms with Crippen LogP contribution in [0.25, 0.3) is 11.3 Å². The molecule has 0 aliphatic heterocycles. The van der Waals surface area contributed by atoms with Crippen LogP contribution in [0.5, 0.6) is 5.75 Å². The molecular weight excluding hydrogens is 372 g/mol. The summed E-state index contributed by atoms with van der Waals surface area (Å²) in [7, 11) is 1.22. The molecule has 0 unspecified atom stereocenters. The van der Waals surface area contributed by atoms with E-state index in [4.69, 9.17) is 14.3 Å². The van der Waals surface area contributed by atoms with Crippen molar-refractivity contribution in [2.24, 2.45) is 0 Å². The van der Waals surface area contributed by atoms with Gasteiger partial charge in [-0.25, -0.2) is 4.39 Å². The summed E-state index contributed by atoms with van der Waals surface area (Å²) in [6.07, 6.45) is 1.01. The molecule has 0 spiro atoms. The molecule has 28 heavy (non-hydrogen) atoms. The van der Waals surface area contributed by atoms with Gasteiger partial charge in [0.15, 0.2) is 11.6 Å². The minimum Gasteiger partial charge on any atom is -0.494 e. The van der Waals surface area contributed by atoms with Crippen molar-refractivity contribution in [2.75, 3.05) is 12.4 Å². The number of carbonyl (C=O) groups is 2. The number of methoxy groups -OCH3 is 1. The van der Waals surface area contributed by atoms with Crippen molar-refractivity contribution >= 4 is 17.6 Å². The van der Waals surface area contributed by atoms with Crippen molar-refractivity contribution in [2.45, 2.75) is 6.42 Å². The average molecular weight is 387 g/mol. The highest BCUT2D eigenvalue weighted by Gasteiger charge is 2.19. The number of furan rings is 1. The minimum absolute atomic E-state index is 0.0130. The first-order valence-electron chi connectivity index (χ1n) is 8.12. The van der Waals surface area contributed by atoms with Crippen LogP contribution in [0.3, 0.4) is 0 Å². The molecule has 0 saturated carbocycles. The molecule has 0 fully saturated rings. The van der Waals surface area contributed by atoms with Gasteiger partial charge in [0.25, 0.3) is 5.91 Å². The number of aliphatic carboxylic acids is 1. The van der Waals surface area contributed by atoms with Gasteiger partial charge in [-0.2, -0.15) is 4.39 Å². The third-order valence-corrected chi connectivity index (χ3v) is 3.96. The van der Waals surface area contributed by atoms with E-state index in [0.29, 0.717) is 11.3 Å². The number of ether oxygens (including phenoxy) is 1. The van der Waals surface area contributed by atoms with E-state index in [2.05, 4.69) is 5.32 Å². The van der Waals surface area contributed by atoms with Gasteiger partial charge in [-0.3, -0.25) is 9.59 Å². The van der Waals surface area contributed by atoms with Crippen molar-refractivity contribution in [1.82, 2.24) is 0 Å². The maximum Gasteiger partial charge on any atom is 0.307 e. The van der Waals surface area contributed by atoms with Crippen LogP contribution in [-0.2, 0) is 11.2 Å². The van der Waals surface area contributed by atoms with Gasteiger partial charge in [-0.15, -0.1) is 0 Å². The Morgan fingerprint density at radius 1 is 1.11 bits per heavy atom. The first-order chi connectivity index (χ1) is 13.4. The van der Waals surface area contributed by atoms with Crippen LogP contribution in [0.2, 0.25) is 0 Å². The minimum atomic E-state index is -1.15. The van der Waals surface area contributed by atoms with Crippen LogP contribution < -0.4 is 10.1 Å². The molecule has 6 nitrogen and oxygen atoms in total. The molecule has 0 bridgehead atoms. The summed E-state index contributed by atoms with van der Waals surface area (Å²) in [6.45, 7) is 0. The van der Waals surface area contributed by atoms with E-state index in [-0.39, 0.29) is 29.1 Å². The van der Waals surface area contributed by atoms with E-state index in [9.17, 15) is 18.4 Å². The molecule has 3 rings (SSSR count). The number of benzene rings is 2. The summed E-state index contributed by atoms with van der Waals surface area (Å²) < 4.78 is 37.9. The molecule has 2 N–H and O–H groups in total. The first-order valence-corrected chi connectivity index (χ1v) is 8.12. The monoisotopic (exact) mass is 387 g/mol. The number of anilines is 1. The van der Waals surface area contributed by atoms with E-state index in [0.717, 1.165) is 6.26 Å². The van der Waals surface area contributed by atoms with E-state index in [1.54, 1.807) is 24.3 Å². The maximum absolute atomic E-state index is 14.2. The van der Waals surface area contributed by atoms with Crippen LogP contribution in [-0.4, -0.2) is 24.1 Å². The zero-order chi connectivity index (χ0) is 20.3. The van der Waals surface area contributed by atoms with Gasteiger partial charge in [-0.1, -0.05) is 12.1 Å². The number of carbonyl (C=O) groups excluding carboxylic acids is 1. The van der Waals surface area contributed by atoms with E-state index < -0.39 is 23.5 Å². The molecule has 2 aromatic carbocycles. The Labute approximate surface area is 158 Å². The van der Waals surface area contributed by atoms with Gasteiger partial charge in [0, 0.05) is 5.69 Å². The number of hydrogen-bond acceptors (Lipinski definition) is 4. The summed E-state index contributed by atoms with van der Waals surface area (Å²) in [5, 5.41) is 11.4. The molecule has 0 saturated heterocycles. The first kappa shape index (κ1) is 19.1. The molecule has 0 aliphatic carbocycles. The number of carboxylic acid groups (broad SMARTS) is 1. The molecule has 0 radical (unpaired) electrons. The van der Waals surface area contributed by atoms with Crippen LogP contribution in [0.15, 0.2) is 53.1 Å². The molecule has 0 aliphatic rings. The van der Waals surface area contributed by atoms with Gasteiger partial charge in [-0.05, 0) is 35.9 Å². The second-order valence-electron chi connectivity index (χ2n) is 5.86. The Bertz CT molecular complexity index is 1030. The van der Waals surface area contributed by atoms with Crippen molar-refractivity contribution in [3.05, 3.63) is 71.5 Å². The highest BCUT2D eigenvalue weighted by molar-refractivity contribution is 6.04. The van der Waals surface area contributed by atoms with Gasteiger partial charge in [0.1, 0.15) is 12.0 Å². The predicted octanol–water partition coefficient (Wildman–Crippen LogP) is 4.11. The SMILES string of the molecule is COc1ccc(-c2cc(C(=O)Nc3ccc(CC(=O)O)cc3)co2)c(F)c1F. The summed E-state index contributed by atoms with van der Waals surface area (Å²) in [5.41, 5.74) is 1.01. The largest absolute Gasteiger partial charge is 0.494 e. The Hall–Kier alpha value is -3.68. The van der Waals surface area contributed by atoms with Crippen LogP contribution in [0.4, 0.5) is 14.5 Å². The second kappa shape index (κ2) is 7.91.